The van der Waals surface area contributed by atoms with Gasteiger partial charge in [0, 0.05) is 11.6 Å². The fraction of sp³-hybridized carbons (Fsp3) is 0.533. The van der Waals surface area contributed by atoms with Gasteiger partial charge in [0.15, 0.2) is 0 Å². The van der Waals surface area contributed by atoms with E-state index in [1.54, 1.807) is 0 Å². The van der Waals surface area contributed by atoms with E-state index in [1.165, 1.54) is 18.4 Å². The fourth-order valence-corrected chi connectivity index (χ4v) is 2.01. The average molecular weight is 283 g/mol. The van der Waals surface area contributed by atoms with E-state index in [-0.39, 0.29) is 5.91 Å². The second kappa shape index (κ2) is 9.82. The predicted octanol–water partition coefficient (Wildman–Crippen LogP) is 2.78. The van der Waals surface area contributed by atoms with Gasteiger partial charge in [-0.3, -0.25) is 4.79 Å². The van der Waals surface area contributed by atoms with Crippen LogP contribution in [0, 0.1) is 0 Å². The van der Waals surface area contributed by atoms with Gasteiger partial charge in [0.25, 0.3) is 0 Å². The number of carbonyl (C=O) groups is 1. The second-order valence-electron chi connectivity index (χ2n) is 4.61. The molecule has 1 aromatic carbocycles. The van der Waals surface area contributed by atoms with Gasteiger partial charge >= 0.3 is 0 Å². The normalized spacial score (nSPS) is 10.4. The maximum Gasteiger partial charge on any atom is 0.233 e. The highest BCUT2D eigenvalue weighted by atomic mass is 35.5. The first-order chi connectivity index (χ1) is 9.22. The van der Waals surface area contributed by atoms with Crippen molar-refractivity contribution in [2.24, 2.45) is 0 Å². The summed E-state index contributed by atoms with van der Waals surface area (Å²) in [5.74, 6) is 0.0715. The van der Waals surface area contributed by atoms with Gasteiger partial charge in [0.2, 0.25) is 5.91 Å². The molecule has 0 aromatic heterocycles. The molecule has 1 amide bonds. The first-order valence-corrected chi connectivity index (χ1v) is 7.32. The van der Waals surface area contributed by atoms with Gasteiger partial charge in [-0.15, -0.1) is 0 Å². The summed E-state index contributed by atoms with van der Waals surface area (Å²) in [6, 6.07) is 7.80. The minimum absolute atomic E-state index is 0.0715. The average Bonchev–Trinajstić information content (AvgIpc) is 2.40. The van der Waals surface area contributed by atoms with Crippen LogP contribution in [0.1, 0.15) is 31.7 Å². The number of hydrogen-bond acceptors (Lipinski definition) is 2. The lowest BCUT2D eigenvalue weighted by Crippen LogP contribution is -2.35. The topological polar surface area (TPSA) is 41.1 Å². The summed E-state index contributed by atoms with van der Waals surface area (Å²) in [6.45, 7) is 4.09. The summed E-state index contributed by atoms with van der Waals surface area (Å²) in [4.78, 5) is 11.5. The Hall–Kier alpha value is -1.06. The Labute approximate surface area is 120 Å². The lowest BCUT2D eigenvalue weighted by Gasteiger charge is -2.06. The molecule has 19 heavy (non-hydrogen) atoms. The van der Waals surface area contributed by atoms with Crippen molar-refractivity contribution in [1.82, 2.24) is 10.6 Å². The number of hydrogen-bond donors (Lipinski definition) is 2. The maximum atomic E-state index is 11.5. The molecule has 0 saturated heterocycles. The van der Waals surface area contributed by atoms with Crippen LogP contribution in [-0.4, -0.2) is 25.5 Å². The monoisotopic (exact) mass is 282 g/mol. The van der Waals surface area contributed by atoms with Crippen molar-refractivity contribution in [3.63, 3.8) is 0 Å². The Balaban J connectivity index is 2.05. The zero-order chi connectivity index (χ0) is 13.9. The second-order valence-corrected chi connectivity index (χ2v) is 5.05. The van der Waals surface area contributed by atoms with Gasteiger partial charge in [-0.05, 0) is 37.1 Å². The van der Waals surface area contributed by atoms with Crippen LogP contribution in [0.2, 0.25) is 5.02 Å². The van der Waals surface area contributed by atoms with Crippen LogP contribution in [0.4, 0.5) is 0 Å². The van der Waals surface area contributed by atoms with Crippen LogP contribution in [0.3, 0.4) is 0 Å². The smallest absolute Gasteiger partial charge is 0.233 e. The van der Waals surface area contributed by atoms with Crippen molar-refractivity contribution < 1.29 is 4.79 Å². The number of unbranched alkanes of at least 4 members (excludes halogenated alkanes) is 2. The Morgan fingerprint density at radius 2 is 2.11 bits per heavy atom. The van der Waals surface area contributed by atoms with E-state index in [0.29, 0.717) is 6.54 Å². The Bertz CT molecular complexity index is 382. The molecular weight excluding hydrogens is 260 g/mol. The van der Waals surface area contributed by atoms with E-state index in [0.717, 1.165) is 31.0 Å². The minimum atomic E-state index is 0.0715. The van der Waals surface area contributed by atoms with Crippen molar-refractivity contribution in [1.29, 1.82) is 0 Å². The molecule has 106 valence electrons. The standard InChI is InChI=1S/C15H23ClN2O/c1-2-3-4-9-18-15(19)12-17-10-8-13-6-5-7-14(16)11-13/h5-7,11,17H,2-4,8-10,12H2,1H3,(H,18,19). The minimum Gasteiger partial charge on any atom is -0.355 e. The van der Waals surface area contributed by atoms with Crippen molar-refractivity contribution >= 4 is 17.5 Å². The third-order valence-electron chi connectivity index (χ3n) is 2.87. The highest BCUT2D eigenvalue weighted by Crippen LogP contribution is 2.10. The molecule has 0 bridgehead atoms. The molecule has 0 aliphatic carbocycles. The Kier molecular flexibility index (Phi) is 8.26. The molecule has 0 atom stereocenters. The summed E-state index contributed by atoms with van der Waals surface area (Å²) >= 11 is 5.91. The van der Waals surface area contributed by atoms with Crippen LogP contribution in [-0.2, 0) is 11.2 Å². The third-order valence-corrected chi connectivity index (χ3v) is 3.10. The van der Waals surface area contributed by atoms with Crippen molar-refractivity contribution in [3.8, 4) is 0 Å². The largest absolute Gasteiger partial charge is 0.355 e. The highest BCUT2D eigenvalue weighted by molar-refractivity contribution is 6.30. The molecule has 1 rings (SSSR count). The van der Waals surface area contributed by atoms with Crippen LogP contribution in [0.25, 0.3) is 0 Å². The number of benzene rings is 1. The van der Waals surface area contributed by atoms with E-state index >= 15 is 0 Å². The molecular formula is C15H23ClN2O. The molecule has 1 aromatic rings. The highest BCUT2D eigenvalue weighted by Gasteiger charge is 2.00. The number of nitrogens with one attached hydrogen (secondary N) is 2. The van der Waals surface area contributed by atoms with E-state index in [2.05, 4.69) is 17.6 Å². The quantitative estimate of drug-likeness (QED) is 0.684. The molecule has 0 radical (unpaired) electrons. The number of amides is 1. The number of rotatable bonds is 9. The number of carbonyl (C=O) groups excluding carboxylic acids is 1. The van der Waals surface area contributed by atoms with Gasteiger partial charge in [0.05, 0.1) is 6.54 Å². The molecule has 0 heterocycles. The van der Waals surface area contributed by atoms with Crippen LogP contribution >= 0.6 is 11.6 Å². The van der Waals surface area contributed by atoms with Crippen molar-refractivity contribution in [2.45, 2.75) is 32.6 Å². The molecule has 0 aliphatic heterocycles. The Morgan fingerprint density at radius 3 is 2.84 bits per heavy atom. The van der Waals surface area contributed by atoms with Crippen LogP contribution in [0.5, 0.6) is 0 Å². The summed E-state index contributed by atoms with van der Waals surface area (Å²) in [5, 5.41) is 6.80. The van der Waals surface area contributed by atoms with Gasteiger partial charge in [-0.25, -0.2) is 0 Å². The lowest BCUT2D eigenvalue weighted by atomic mass is 10.1. The molecule has 2 N–H and O–H groups in total. The van der Waals surface area contributed by atoms with E-state index in [4.69, 9.17) is 11.6 Å². The van der Waals surface area contributed by atoms with Crippen LogP contribution in [0.15, 0.2) is 24.3 Å². The summed E-state index contributed by atoms with van der Waals surface area (Å²) in [5.41, 5.74) is 1.18. The molecule has 0 fully saturated rings. The predicted molar refractivity (Wildman–Crippen MR) is 80.6 cm³/mol. The molecule has 0 unspecified atom stereocenters. The zero-order valence-electron chi connectivity index (χ0n) is 11.5. The lowest BCUT2D eigenvalue weighted by molar-refractivity contribution is -0.120. The number of halogens is 1. The first-order valence-electron chi connectivity index (χ1n) is 6.94. The van der Waals surface area contributed by atoms with E-state index in [1.807, 2.05) is 24.3 Å². The maximum absolute atomic E-state index is 11.5. The van der Waals surface area contributed by atoms with Gasteiger partial charge in [-0.1, -0.05) is 43.5 Å². The Morgan fingerprint density at radius 1 is 1.26 bits per heavy atom. The summed E-state index contributed by atoms with van der Waals surface area (Å²) < 4.78 is 0. The SMILES string of the molecule is CCCCCNC(=O)CNCCc1cccc(Cl)c1. The molecule has 0 spiro atoms. The molecule has 0 aliphatic rings. The fourth-order valence-electron chi connectivity index (χ4n) is 1.79. The van der Waals surface area contributed by atoms with Crippen molar-refractivity contribution in [2.75, 3.05) is 19.6 Å². The molecule has 0 saturated carbocycles. The zero-order valence-corrected chi connectivity index (χ0v) is 12.3. The van der Waals surface area contributed by atoms with Gasteiger partial charge in [-0.2, -0.15) is 0 Å². The molecule has 4 heteroatoms. The molecule has 3 nitrogen and oxygen atoms in total. The van der Waals surface area contributed by atoms with E-state index in [9.17, 15) is 4.79 Å². The van der Waals surface area contributed by atoms with Gasteiger partial charge < -0.3 is 10.6 Å². The summed E-state index contributed by atoms with van der Waals surface area (Å²) in [6.07, 6.45) is 4.28. The van der Waals surface area contributed by atoms with Gasteiger partial charge in [0.1, 0.15) is 0 Å². The summed E-state index contributed by atoms with van der Waals surface area (Å²) in [7, 11) is 0. The third kappa shape index (κ3) is 7.85. The first kappa shape index (κ1) is 16.0. The van der Waals surface area contributed by atoms with Crippen molar-refractivity contribution in [3.05, 3.63) is 34.9 Å². The van der Waals surface area contributed by atoms with E-state index < -0.39 is 0 Å². The van der Waals surface area contributed by atoms with Crippen LogP contribution < -0.4 is 10.6 Å².